The Bertz CT molecular complexity index is 1540. The summed E-state index contributed by atoms with van der Waals surface area (Å²) in [5.74, 6) is 0. The van der Waals surface area contributed by atoms with Gasteiger partial charge in [-0.25, -0.2) is 4.58 Å². The Balaban J connectivity index is 1.52. The largest absolute Gasteiger partial charge is 0.399 e. The van der Waals surface area contributed by atoms with Gasteiger partial charge in [0.2, 0.25) is 0 Å². The number of anilines is 2. The lowest BCUT2D eigenvalue weighted by Crippen LogP contribution is -2.31. The maximum atomic E-state index is 9.42. The monoisotopic (exact) mass is 827 g/mol. The van der Waals surface area contributed by atoms with Crippen molar-refractivity contribution >= 4 is 22.7 Å². The molecule has 330 valence electrons. The van der Waals surface area contributed by atoms with E-state index in [9.17, 15) is 10.2 Å². The fraction of sp³-hybridized carbons (Fsp3) is 0.587. The number of benzene rings is 2. The van der Waals surface area contributed by atoms with Gasteiger partial charge in [0, 0.05) is 36.6 Å². The van der Waals surface area contributed by atoms with Crippen molar-refractivity contribution in [1.82, 2.24) is 0 Å². The van der Waals surface area contributed by atoms with Crippen LogP contribution in [0.2, 0.25) is 0 Å². The zero-order valence-electron chi connectivity index (χ0n) is 36.6. The van der Waals surface area contributed by atoms with Gasteiger partial charge in [0.15, 0.2) is 5.71 Å². The summed E-state index contributed by atoms with van der Waals surface area (Å²) in [7, 11) is 4.08. The van der Waals surface area contributed by atoms with E-state index in [0.717, 1.165) is 39.4 Å². The molecule has 59 heavy (non-hydrogen) atoms. The van der Waals surface area contributed by atoms with Gasteiger partial charge in [0.25, 0.3) is 0 Å². The van der Waals surface area contributed by atoms with Gasteiger partial charge in [0.05, 0.1) is 116 Å². The van der Waals surface area contributed by atoms with Gasteiger partial charge >= 0.3 is 0 Å². The molecule has 0 aliphatic heterocycles. The van der Waals surface area contributed by atoms with Gasteiger partial charge in [0.1, 0.15) is 14.1 Å². The Labute approximate surface area is 353 Å². The summed E-state index contributed by atoms with van der Waals surface area (Å²) >= 11 is 0. The molecule has 0 saturated carbocycles. The zero-order valence-corrected chi connectivity index (χ0v) is 36.6. The van der Waals surface area contributed by atoms with Crippen LogP contribution in [0.3, 0.4) is 0 Å². The van der Waals surface area contributed by atoms with Crippen LogP contribution in [0.25, 0.3) is 5.57 Å². The van der Waals surface area contributed by atoms with E-state index >= 15 is 0 Å². The average Bonchev–Trinajstić information content (AvgIpc) is 3.22. The van der Waals surface area contributed by atoms with Crippen LogP contribution in [0.1, 0.15) is 45.7 Å². The second-order valence-electron chi connectivity index (χ2n) is 15.1. The summed E-state index contributed by atoms with van der Waals surface area (Å²) in [5.41, 5.74) is 13.4. The Kier molecular flexibility index (Phi) is 24.4. The molecule has 4 N–H and O–H groups in total. The van der Waals surface area contributed by atoms with Crippen molar-refractivity contribution in [2.24, 2.45) is 0 Å². The molecule has 1 aliphatic rings. The summed E-state index contributed by atoms with van der Waals surface area (Å²) < 4.78 is 48.0. The topological polar surface area (TPSA) is 147 Å². The standard InChI is InChI=1S/C46H71N3O10/c1-35(50)30-57-37(3)32-55-28-26-53-23-21-49(20-22-52-24-25-54-27-29-56-33-38(4)59-34-39(5)58-31-36(2)51)45-18-12-42(13-19-45)46(40-8-14-43(47)15-9-40)41-10-16-44(17-11-41)48(6)7/h8-19,35-39,47,50-51H,20-34H2,1-7H3/p+1. The Morgan fingerprint density at radius 2 is 0.949 bits per heavy atom. The molecular weight excluding hydrogens is 755 g/mol. The number of aliphatic hydroxyl groups is 2. The molecule has 13 nitrogen and oxygen atoms in total. The van der Waals surface area contributed by atoms with E-state index in [1.165, 1.54) is 0 Å². The number of aliphatic hydroxyl groups excluding tert-OH is 2. The summed E-state index contributed by atoms with van der Waals surface area (Å²) in [6, 6.07) is 16.7. The lowest BCUT2D eigenvalue weighted by Gasteiger charge is -2.25. The van der Waals surface area contributed by atoms with Crippen molar-refractivity contribution in [2.75, 3.05) is 124 Å². The molecule has 0 aromatic heterocycles. The first-order valence-corrected chi connectivity index (χ1v) is 20.9. The number of ether oxygens (including phenoxy) is 8. The minimum absolute atomic E-state index is 0.0750. The Hall–Kier alpha value is -3.47. The second-order valence-corrected chi connectivity index (χ2v) is 15.1. The third-order valence-corrected chi connectivity index (χ3v) is 9.08. The van der Waals surface area contributed by atoms with Crippen molar-refractivity contribution < 1.29 is 52.7 Å². The fourth-order valence-corrected chi connectivity index (χ4v) is 5.84. The molecule has 0 saturated heterocycles. The average molecular weight is 827 g/mol. The van der Waals surface area contributed by atoms with Crippen molar-refractivity contribution in [3.63, 3.8) is 0 Å². The maximum absolute atomic E-state index is 9.42. The second kappa shape index (κ2) is 28.9. The van der Waals surface area contributed by atoms with Crippen molar-refractivity contribution in [3.8, 4) is 0 Å². The molecule has 0 radical (unpaired) electrons. The number of hydrogen-bond donors (Lipinski definition) is 3. The molecule has 2 aromatic carbocycles. The SMILES string of the molecule is CC(O)COC(C)COCCOCCN(CCOCCOCCOCC(C)OCC(C)OCC(C)O)c1ccc(C(=C2C=CC(=[N+](C)C)C=C2)c2ccc(N)cc2)cc1. The first-order chi connectivity index (χ1) is 28.4. The van der Waals surface area contributed by atoms with Crippen LogP contribution in [0, 0.1) is 0 Å². The van der Waals surface area contributed by atoms with Gasteiger partial charge in [-0.1, -0.05) is 24.3 Å². The Morgan fingerprint density at radius 1 is 0.542 bits per heavy atom. The number of allylic oxidation sites excluding steroid dienone is 5. The van der Waals surface area contributed by atoms with Crippen LogP contribution in [-0.4, -0.2) is 164 Å². The Morgan fingerprint density at radius 3 is 1.41 bits per heavy atom. The highest BCUT2D eigenvalue weighted by Crippen LogP contribution is 2.31. The van der Waals surface area contributed by atoms with E-state index in [4.69, 9.17) is 43.6 Å². The molecule has 0 spiro atoms. The van der Waals surface area contributed by atoms with Gasteiger partial charge in [-0.05, 0) is 93.3 Å². The molecule has 0 bridgehead atoms. The molecule has 13 heteroatoms. The summed E-state index contributed by atoms with van der Waals surface area (Å²) in [5, 5.41) is 18.8. The smallest absolute Gasteiger partial charge is 0.199 e. The van der Waals surface area contributed by atoms with Crippen LogP contribution >= 0.6 is 0 Å². The number of nitrogen functional groups attached to an aromatic ring is 1. The van der Waals surface area contributed by atoms with E-state index in [0.29, 0.717) is 92.4 Å². The molecular formula is C46H72N3O10+. The van der Waals surface area contributed by atoms with E-state index in [1.54, 1.807) is 13.8 Å². The minimum Gasteiger partial charge on any atom is -0.399 e. The predicted molar refractivity (Wildman–Crippen MR) is 235 cm³/mol. The van der Waals surface area contributed by atoms with Gasteiger partial charge < -0.3 is 58.7 Å². The van der Waals surface area contributed by atoms with Crippen LogP contribution in [0.5, 0.6) is 0 Å². The van der Waals surface area contributed by atoms with Crippen LogP contribution in [-0.2, 0) is 37.9 Å². The van der Waals surface area contributed by atoms with E-state index in [2.05, 4.69) is 70.2 Å². The highest BCUT2D eigenvalue weighted by molar-refractivity contribution is 6.04. The van der Waals surface area contributed by atoms with Gasteiger partial charge in [-0.15, -0.1) is 0 Å². The predicted octanol–water partition coefficient (Wildman–Crippen LogP) is 4.78. The number of nitrogens with zero attached hydrogens (tertiary/aromatic N) is 2. The summed E-state index contributed by atoms with van der Waals surface area (Å²) in [4.78, 5) is 2.27. The molecule has 0 fully saturated rings. The first kappa shape index (κ1) is 49.9. The van der Waals surface area contributed by atoms with E-state index < -0.39 is 12.2 Å². The van der Waals surface area contributed by atoms with Gasteiger partial charge in [-0.3, -0.25) is 0 Å². The van der Waals surface area contributed by atoms with Crippen LogP contribution in [0.4, 0.5) is 11.4 Å². The lowest BCUT2D eigenvalue weighted by atomic mass is 9.90. The normalized spacial score (nSPS) is 15.3. The maximum Gasteiger partial charge on any atom is 0.199 e. The summed E-state index contributed by atoms with van der Waals surface area (Å²) in [6.07, 6.45) is 7.33. The van der Waals surface area contributed by atoms with E-state index in [-0.39, 0.29) is 24.9 Å². The van der Waals surface area contributed by atoms with Crippen LogP contribution < -0.4 is 10.6 Å². The molecule has 2 aromatic rings. The van der Waals surface area contributed by atoms with E-state index in [1.807, 2.05) is 47.0 Å². The third-order valence-electron chi connectivity index (χ3n) is 9.08. The third kappa shape index (κ3) is 21.1. The lowest BCUT2D eigenvalue weighted by molar-refractivity contribution is -0.462. The fourth-order valence-electron chi connectivity index (χ4n) is 5.84. The zero-order chi connectivity index (χ0) is 42.8. The molecule has 5 unspecified atom stereocenters. The molecule has 1 aliphatic carbocycles. The molecule has 3 rings (SSSR count). The van der Waals surface area contributed by atoms with Crippen LogP contribution in [0.15, 0.2) is 78.4 Å². The van der Waals surface area contributed by atoms with Gasteiger partial charge in [-0.2, -0.15) is 0 Å². The minimum atomic E-state index is -0.501. The first-order valence-electron chi connectivity index (χ1n) is 20.9. The van der Waals surface area contributed by atoms with Crippen molar-refractivity contribution in [1.29, 1.82) is 0 Å². The highest BCUT2D eigenvalue weighted by Gasteiger charge is 2.15. The highest BCUT2D eigenvalue weighted by atomic mass is 16.6. The molecule has 0 heterocycles. The molecule has 0 amide bonds. The quantitative estimate of drug-likeness (QED) is 0.0547. The number of nitrogens with two attached hydrogens (primary N) is 1. The van der Waals surface area contributed by atoms with Crippen molar-refractivity contribution in [3.05, 3.63) is 89.5 Å². The summed E-state index contributed by atoms with van der Waals surface area (Å²) in [6.45, 7) is 16.3. The molecule has 5 atom stereocenters. The van der Waals surface area contributed by atoms with Crippen molar-refractivity contribution in [2.45, 2.75) is 65.1 Å². The number of rotatable bonds is 31. The number of hydrogen-bond acceptors (Lipinski definition) is 12.